The number of benzene rings is 2. The van der Waals surface area contributed by atoms with E-state index in [2.05, 4.69) is 81.0 Å². The monoisotopic (exact) mass is 501 g/mol. The largest absolute Gasteiger partial charge is 0.378 e. The van der Waals surface area contributed by atoms with Gasteiger partial charge in [-0.3, -0.25) is 4.98 Å². The Hall–Kier alpha value is -3.35. The van der Waals surface area contributed by atoms with Crippen molar-refractivity contribution in [3.8, 4) is 5.69 Å². The third-order valence-electron chi connectivity index (χ3n) is 6.62. The number of aromatic nitrogens is 2. The van der Waals surface area contributed by atoms with E-state index in [-0.39, 0.29) is 12.1 Å². The number of pyridine rings is 1. The third kappa shape index (κ3) is 4.17. The molecule has 1 fully saturated rings. The fraction of sp³-hybridized carbons (Fsp3) is 0.214. The number of nitrogens with one attached hydrogen (secondary N) is 1. The summed E-state index contributed by atoms with van der Waals surface area (Å²) >= 11 is 12.5. The Morgan fingerprint density at radius 2 is 1.69 bits per heavy atom. The number of nitrogens with zero attached hydrogens (tertiary/aromatic N) is 4. The van der Waals surface area contributed by atoms with Crippen LogP contribution in [0.5, 0.6) is 0 Å². The average molecular weight is 502 g/mol. The highest BCUT2D eigenvalue weighted by Gasteiger charge is 2.42. The molecule has 0 spiro atoms. The lowest BCUT2D eigenvalue weighted by molar-refractivity contribution is 0.565. The second kappa shape index (κ2) is 9.36. The maximum absolute atomic E-state index is 6.61. The van der Waals surface area contributed by atoms with Gasteiger partial charge in [-0.25, -0.2) is 0 Å². The number of thiocarbonyl (C=S) groups is 1. The molecule has 1 aliphatic rings. The third-order valence-corrected chi connectivity index (χ3v) is 7.26. The van der Waals surface area contributed by atoms with Gasteiger partial charge in [-0.1, -0.05) is 29.8 Å². The summed E-state index contributed by atoms with van der Waals surface area (Å²) in [6.07, 6.45) is 1.83. The Kier molecular flexibility index (Phi) is 6.26. The number of aryl methyl sites for hydroxylation is 1. The molecule has 2 aromatic heterocycles. The Labute approximate surface area is 217 Å². The summed E-state index contributed by atoms with van der Waals surface area (Å²) in [5.74, 6) is 0. The van der Waals surface area contributed by atoms with E-state index >= 15 is 0 Å². The molecular formula is C28H28ClN5S. The summed E-state index contributed by atoms with van der Waals surface area (Å²) < 4.78 is 2.22. The van der Waals surface area contributed by atoms with Crippen LogP contribution in [0.15, 0.2) is 79.0 Å². The lowest BCUT2D eigenvalue weighted by Gasteiger charge is -2.28. The van der Waals surface area contributed by atoms with Crippen LogP contribution < -0.4 is 15.1 Å². The van der Waals surface area contributed by atoms with E-state index in [1.165, 1.54) is 5.56 Å². The second-order valence-electron chi connectivity index (χ2n) is 9.02. The lowest BCUT2D eigenvalue weighted by atomic mass is 9.96. The molecule has 0 bridgehead atoms. The number of rotatable bonds is 5. The smallest absolute Gasteiger partial charge is 0.174 e. The van der Waals surface area contributed by atoms with E-state index in [9.17, 15) is 0 Å². The van der Waals surface area contributed by atoms with Crippen LogP contribution in [0.2, 0.25) is 5.02 Å². The molecule has 35 heavy (non-hydrogen) atoms. The number of hydrogen-bond acceptors (Lipinski definition) is 3. The highest BCUT2D eigenvalue weighted by Crippen LogP contribution is 2.44. The van der Waals surface area contributed by atoms with Crippen molar-refractivity contribution in [1.29, 1.82) is 0 Å². The number of para-hydroxylation sites is 1. The van der Waals surface area contributed by atoms with E-state index < -0.39 is 0 Å². The number of halogens is 1. The molecular weight excluding hydrogens is 474 g/mol. The zero-order chi connectivity index (χ0) is 24.7. The molecule has 1 aliphatic heterocycles. The molecule has 2 aromatic carbocycles. The first-order chi connectivity index (χ1) is 16.9. The van der Waals surface area contributed by atoms with Crippen LogP contribution in [0.25, 0.3) is 5.69 Å². The maximum Gasteiger partial charge on any atom is 0.174 e. The van der Waals surface area contributed by atoms with Crippen molar-refractivity contribution < 1.29 is 0 Å². The fourth-order valence-electron chi connectivity index (χ4n) is 4.95. The number of hydrogen-bond donors (Lipinski definition) is 1. The fourth-order valence-corrected chi connectivity index (χ4v) is 5.52. The maximum atomic E-state index is 6.61. The van der Waals surface area contributed by atoms with Crippen molar-refractivity contribution in [3.05, 3.63) is 107 Å². The minimum atomic E-state index is -0.0996. The molecule has 3 heterocycles. The summed E-state index contributed by atoms with van der Waals surface area (Å²) in [5.41, 5.74) is 7.53. The predicted octanol–water partition coefficient (Wildman–Crippen LogP) is 6.39. The normalized spacial score (nSPS) is 17.5. The van der Waals surface area contributed by atoms with E-state index in [4.69, 9.17) is 23.8 Å². The minimum absolute atomic E-state index is 0.0787. The van der Waals surface area contributed by atoms with E-state index in [1.807, 2.05) is 50.6 Å². The lowest BCUT2D eigenvalue weighted by Crippen LogP contribution is -2.29. The zero-order valence-corrected chi connectivity index (χ0v) is 21.8. The van der Waals surface area contributed by atoms with Crippen LogP contribution in [0, 0.1) is 13.8 Å². The molecule has 178 valence electrons. The van der Waals surface area contributed by atoms with Gasteiger partial charge in [-0.05, 0) is 86.2 Å². The van der Waals surface area contributed by atoms with Crippen LogP contribution in [0.4, 0.5) is 11.4 Å². The molecule has 2 unspecified atom stereocenters. The van der Waals surface area contributed by atoms with Crippen LogP contribution in [-0.2, 0) is 0 Å². The second-order valence-corrected chi connectivity index (χ2v) is 9.81. The summed E-state index contributed by atoms with van der Waals surface area (Å²) in [5, 5.41) is 4.97. The van der Waals surface area contributed by atoms with Gasteiger partial charge in [0, 0.05) is 43.1 Å². The van der Waals surface area contributed by atoms with Crippen LogP contribution >= 0.6 is 23.8 Å². The first-order valence-corrected chi connectivity index (χ1v) is 12.4. The molecule has 1 N–H and O–H groups in total. The molecule has 0 radical (unpaired) electrons. The van der Waals surface area contributed by atoms with Crippen molar-refractivity contribution in [2.24, 2.45) is 0 Å². The van der Waals surface area contributed by atoms with Gasteiger partial charge in [-0.2, -0.15) is 0 Å². The summed E-state index contributed by atoms with van der Waals surface area (Å²) in [4.78, 5) is 8.99. The first-order valence-electron chi connectivity index (χ1n) is 11.6. The van der Waals surface area contributed by atoms with Crippen molar-refractivity contribution in [2.45, 2.75) is 25.9 Å². The van der Waals surface area contributed by atoms with Gasteiger partial charge in [0.25, 0.3) is 0 Å². The van der Waals surface area contributed by atoms with Crippen molar-refractivity contribution >= 4 is 40.3 Å². The Balaban J connectivity index is 1.67. The van der Waals surface area contributed by atoms with Gasteiger partial charge in [0.1, 0.15) is 0 Å². The topological polar surface area (TPSA) is 36.3 Å². The minimum Gasteiger partial charge on any atom is -0.378 e. The highest BCUT2D eigenvalue weighted by atomic mass is 35.5. The Morgan fingerprint density at radius 1 is 0.971 bits per heavy atom. The summed E-state index contributed by atoms with van der Waals surface area (Å²) in [6, 6.07) is 24.5. The highest BCUT2D eigenvalue weighted by molar-refractivity contribution is 7.80. The standard InChI is InChI=1S/C28H28ClN5S/c1-18-17-22(19(2)33(18)25-11-6-5-9-23(25)29)27-26(24-10-7-8-16-30-24)31-28(35)34(27)21-14-12-20(13-15-21)32(3)4/h5-17,26-27H,1-4H3,(H,31,35). The molecule has 1 saturated heterocycles. The molecule has 2 atom stereocenters. The van der Waals surface area contributed by atoms with E-state index in [1.54, 1.807) is 0 Å². The molecule has 0 saturated carbocycles. The van der Waals surface area contributed by atoms with Crippen molar-refractivity contribution in [1.82, 2.24) is 14.9 Å². The van der Waals surface area contributed by atoms with Gasteiger partial charge in [0.2, 0.25) is 0 Å². The Bertz CT molecular complexity index is 1360. The van der Waals surface area contributed by atoms with E-state index in [0.29, 0.717) is 5.11 Å². The molecule has 7 heteroatoms. The molecule has 4 aromatic rings. The van der Waals surface area contributed by atoms with E-state index in [0.717, 1.165) is 39.2 Å². The van der Waals surface area contributed by atoms with Crippen LogP contribution in [-0.4, -0.2) is 28.8 Å². The quantitative estimate of drug-likeness (QED) is 0.321. The molecule has 0 aliphatic carbocycles. The predicted molar refractivity (Wildman–Crippen MR) is 149 cm³/mol. The van der Waals surface area contributed by atoms with Gasteiger partial charge in [0.05, 0.1) is 28.5 Å². The molecule has 5 rings (SSSR count). The first kappa shape index (κ1) is 23.4. The van der Waals surface area contributed by atoms with Crippen LogP contribution in [0.1, 0.15) is 34.7 Å². The average Bonchev–Trinajstić information content (AvgIpc) is 3.35. The van der Waals surface area contributed by atoms with Crippen LogP contribution in [0.3, 0.4) is 0 Å². The van der Waals surface area contributed by atoms with Crippen molar-refractivity contribution in [2.75, 3.05) is 23.9 Å². The van der Waals surface area contributed by atoms with Gasteiger partial charge in [-0.15, -0.1) is 0 Å². The summed E-state index contributed by atoms with van der Waals surface area (Å²) in [6.45, 7) is 4.27. The van der Waals surface area contributed by atoms with Gasteiger partial charge >= 0.3 is 0 Å². The van der Waals surface area contributed by atoms with Crippen molar-refractivity contribution in [3.63, 3.8) is 0 Å². The SMILES string of the molecule is Cc1cc(C2C(c3ccccn3)NC(=S)N2c2ccc(N(C)C)cc2)c(C)n1-c1ccccc1Cl. The molecule has 0 amide bonds. The Morgan fingerprint density at radius 3 is 2.34 bits per heavy atom. The zero-order valence-electron chi connectivity index (χ0n) is 20.2. The van der Waals surface area contributed by atoms with Gasteiger partial charge in [0.15, 0.2) is 5.11 Å². The van der Waals surface area contributed by atoms with Gasteiger partial charge < -0.3 is 19.7 Å². The summed E-state index contributed by atoms with van der Waals surface area (Å²) in [7, 11) is 4.08. The molecule has 5 nitrogen and oxygen atoms in total. The number of anilines is 2.